The molecule has 0 amide bonds. The highest BCUT2D eigenvalue weighted by atomic mass is 35.5. The van der Waals surface area contributed by atoms with Gasteiger partial charge in [0.05, 0.1) is 5.88 Å². The van der Waals surface area contributed by atoms with Crippen molar-refractivity contribution in [3.8, 4) is 11.5 Å². The highest BCUT2D eigenvalue weighted by molar-refractivity contribution is 6.18. The fraction of sp³-hybridized carbons (Fsp3) is 0.161. The molecule has 4 aromatic carbocycles. The van der Waals surface area contributed by atoms with E-state index in [2.05, 4.69) is 85.8 Å². The zero-order chi connectivity index (χ0) is 23.6. The summed E-state index contributed by atoms with van der Waals surface area (Å²) < 4.78 is 11.7. The minimum Gasteiger partial charge on any atom is -0.492 e. The molecule has 0 atom stereocenters. The quantitative estimate of drug-likeness (QED) is 0.172. The van der Waals surface area contributed by atoms with Gasteiger partial charge in [-0.25, -0.2) is 0 Å². The van der Waals surface area contributed by atoms with Gasteiger partial charge in [0.15, 0.2) is 0 Å². The maximum atomic E-state index is 6.01. The third-order valence-electron chi connectivity index (χ3n) is 5.66. The SMILES string of the molecule is CCC(=C(c1ccc(OCCCl)cc1)c1ccc(OCc2ccccc2)cc1)c1ccccc1. The lowest BCUT2D eigenvalue weighted by molar-refractivity contribution is 0.306. The second-order valence-electron chi connectivity index (χ2n) is 7.93. The Bertz CT molecular complexity index is 1180. The molecule has 4 aromatic rings. The highest BCUT2D eigenvalue weighted by Gasteiger charge is 2.13. The number of ether oxygens (including phenoxy) is 2. The van der Waals surface area contributed by atoms with Gasteiger partial charge in [0.25, 0.3) is 0 Å². The van der Waals surface area contributed by atoms with E-state index in [1.807, 2.05) is 30.3 Å². The summed E-state index contributed by atoms with van der Waals surface area (Å²) in [6, 6.07) is 37.5. The molecule has 4 rings (SSSR count). The Kier molecular flexibility index (Phi) is 8.43. The average Bonchev–Trinajstić information content (AvgIpc) is 2.91. The summed E-state index contributed by atoms with van der Waals surface area (Å²) in [5.74, 6) is 2.15. The number of hydrogen-bond acceptors (Lipinski definition) is 2. The lowest BCUT2D eigenvalue weighted by Gasteiger charge is -2.17. The van der Waals surface area contributed by atoms with Crippen molar-refractivity contribution in [1.82, 2.24) is 0 Å². The molecule has 172 valence electrons. The van der Waals surface area contributed by atoms with Gasteiger partial charge in [0.2, 0.25) is 0 Å². The molecule has 0 aliphatic heterocycles. The van der Waals surface area contributed by atoms with Gasteiger partial charge < -0.3 is 9.47 Å². The first-order valence-corrected chi connectivity index (χ1v) is 12.2. The van der Waals surface area contributed by atoms with Gasteiger partial charge in [0, 0.05) is 0 Å². The van der Waals surface area contributed by atoms with Gasteiger partial charge in [-0.2, -0.15) is 0 Å². The van der Waals surface area contributed by atoms with Crippen LogP contribution in [0, 0.1) is 0 Å². The van der Waals surface area contributed by atoms with Crippen LogP contribution in [0.25, 0.3) is 11.1 Å². The Morgan fingerprint density at radius 3 is 1.68 bits per heavy atom. The van der Waals surface area contributed by atoms with E-state index in [-0.39, 0.29) is 0 Å². The van der Waals surface area contributed by atoms with Crippen LogP contribution >= 0.6 is 11.6 Å². The maximum Gasteiger partial charge on any atom is 0.119 e. The van der Waals surface area contributed by atoms with E-state index in [1.54, 1.807) is 0 Å². The van der Waals surface area contributed by atoms with Crippen molar-refractivity contribution in [3.63, 3.8) is 0 Å². The van der Waals surface area contributed by atoms with Crippen LogP contribution in [0.1, 0.15) is 35.6 Å². The summed E-state index contributed by atoms with van der Waals surface area (Å²) in [7, 11) is 0. The molecule has 0 aromatic heterocycles. The zero-order valence-corrected chi connectivity index (χ0v) is 20.2. The van der Waals surface area contributed by atoms with Crippen molar-refractivity contribution >= 4 is 22.7 Å². The third-order valence-corrected chi connectivity index (χ3v) is 5.81. The molecule has 0 saturated carbocycles. The highest BCUT2D eigenvalue weighted by Crippen LogP contribution is 2.35. The first kappa shape index (κ1) is 23.7. The van der Waals surface area contributed by atoms with Gasteiger partial charge in [-0.15, -0.1) is 11.6 Å². The van der Waals surface area contributed by atoms with E-state index in [9.17, 15) is 0 Å². The summed E-state index contributed by atoms with van der Waals surface area (Å²) in [6.07, 6.45) is 0.913. The Morgan fingerprint density at radius 1 is 0.618 bits per heavy atom. The van der Waals surface area contributed by atoms with E-state index >= 15 is 0 Å². The Hall–Kier alpha value is -3.49. The van der Waals surface area contributed by atoms with Crippen molar-refractivity contribution in [2.45, 2.75) is 20.0 Å². The van der Waals surface area contributed by atoms with Crippen LogP contribution in [-0.2, 0) is 6.61 Å². The summed E-state index contributed by atoms with van der Waals surface area (Å²) >= 11 is 5.77. The fourth-order valence-electron chi connectivity index (χ4n) is 4.01. The van der Waals surface area contributed by atoms with Crippen LogP contribution in [0.2, 0.25) is 0 Å². The molecule has 0 saturated heterocycles. The summed E-state index contributed by atoms with van der Waals surface area (Å²) in [4.78, 5) is 0. The van der Waals surface area contributed by atoms with Gasteiger partial charge >= 0.3 is 0 Å². The Balaban J connectivity index is 1.67. The van der Waals surface area contributed by atoms with E-state index in [0.29, 0.717) is 19.1 Å². The number of hydrogen-bond donors (Lipinski definition) is 0. The van der Waals surface area contributed by atoms with Crippen LogP contribution in [0.15, 0.2) is 109 Å². The molecule has 0 fully saturated rings. The number of rotatable bonds is 10. The van der Waals surface area contributed by atoms with Crippen molar-refractivity contribution in [2.24, 2.45) is 0 Å². The topological polar surface area (TPSA) is 18.5 Å². The number of halogens is 1. The molecule has 0 aliphatic carbocycles. The minimum atomic E-state index is 0.472. The van der Waals surface area contributed by atoms with E-state index in [4.69, 9.17) is 21.1 Å². The third kappa shape index (κ3) is 6.09. The van der Waals surface area contributed by atoms with Crippen LogP contribution < -0.4 is 9.47 Å². The molecular formula is C31H29ClO2. The van der Waals surface area contributed by atoms with Crippen LogP contribution in [0.4, 0.5) is 0 Å². The van der Waals surface area contributed by atoms with Crippen molar-refractivity contribution in [1.29, 1.82) is 0 Å². The van der Waals surface area contributed by atoms with Gasteiger partial charge in [-0.05, 0) is 64.1 Å². The normalized spacial score (nSPS) is 11.6. The summed E-state index contributed by atoms with van der Waals surface area (Å²) in [5.41, 5.74) is 7.20. The molecule has 0 unspecified atom stereocenters. The standard InChI is InChI=1S/C31H29ClO2/c1-2-30(25-11-7-4-8-12-25)31(26-13-17-28(18-14-26)33-22-21-32)27-15-19-29(20-16-27)34-23-24-9-5-3-6-10-24/h3-20H,2,21-23H2,1H3. The Morgan fingerprint density at radius 2 is 1.15 bits per heavy atom. The van der Waals surface area contributed by atoms with E-state index < -0.39 is 0 Å². The minimum absolute atomic E-state index is 0.472. The van der Waals surface area contributed by atoms with Gasteiger partial charge in [0.1, 0.15) is 24.7 Å². The average molecular weight is 469 g/mol. The lowest BCUT2D eigenvalue weighted by atomic mass is 9.88. The van der Waals surface area contributed by atoms with Crippen LogP contribution in [0.5, 0.6) is 11.5 Å². The molecule has 0 spiro atoms. The molecular weight excluding hydrogens is 440 g/mol. The van der Waals surface area contributed by atoms with E-state index in [1.165, 1.54) is 16.7 Å². The molecule has 0 aliphatic rings. The molecule has 0 radical (unpaired) electrons. The fourth-order valence-corrected chi connectivity index (χ4v) is 4.09. The second-order valence-corrected chi connectivity index (χ2v) is 8.31. The molecule has 0 N–H and O–H groups in total. The van der Waals surface area contributed by atoms with Gasteiger partial charge in [-0.3, -0.25) is 0 Å². The smallest absolute Gasteiger partial charge is 0.119 e. The van der Waals surface area contributed by atoms with Gasteiger partial charge in [-0.1, -0.05) is 91.9 Å². The first-order valence-electron chi connectivity index (χ1n) is 11.6. The molecule has 3 heteroatoms. The summed E-state index contributed by atoms with van der Waals surface area (Å²) in [5, 5.41) is 0. The molecule has 0 heterocycles. The molecule has 34 heavy (non-hydrogen) atoms. The second kappa shape index (κ2) is 12.1. The van der Waals surface area contributed by atoms with Crippen LogP contribution in [0.3, 0.4) is 0 Å². The van der Waals surface area contributed by atoms with Crippen molar-refractivity contribution < 1.29 is 9.47 Å². The van der Waals surface area contributed by atoms with Crippen molar-refractivity contribution in [3.05, 3.63) is 131 Å². The number of alkyl halides is 1. The zero-order valence-electron chi connectivity index (χ0n) is 19.4. The van der Waals surface area contributed by atoms with Crippen LogP contribution in [-0.4, -0.2) is 12.5 Å². The monoisotopic (exact) mass is 468 g/mol. The molecule has 2 nitrogen and oxygen atoms in total. The van der Waals surface area contributed by atoms with Crippen molar-refractivity contribution in [2.75, 3.05) is 12.5 Å². The lowest BCUT2D eigenvalue weighted by Crippen LogP contribution is -1.99. The largest absolute Gasteiger partial charge is 0.492 e. The number of benzene rings is 4. The summed E-state index contributed by atoms with van der Waals surface area (Å²) in [6.45, 7) is 3.26. The maximum absolute atomic E-state index is 6.01. The predicted octanol–water partition coefficient (Wildman–Crippen LogP) is 8.25. The van der Waals surface area contributed by atoms with E-state index in [0.717, 1.165) is 34.6 Å². The predicted molar refractivity (Wildman–Crippen MR) is 143 cm³/mol. The first-order chi connectivity index (χ1) is 16.8. The number of allylic oxidation sites excluding steroid dienone is 1. The molecule has 0 bridgehead atoms. The Labute approximate surface area is 207 Å².